The van der Waals surface area contributed by atoms with Crippen molar-refractivity contribution in [3.8, 4) is 0 Å². The quantitative estimate of drug-likeness (QED) is 0.911. The van der Waals surface area contributed by atoms with Crippen LogP contribution in [0.25, 0.3) is 0 Å². The van der Waals surface area contributed by atoms with Crippen LogP contribution in [-0.4, -0.2) is 31.1 Å². The van der Waals surface area contributed by atoms with Crippen molar-refractivity contribution >= 4 is 11.6 Å². The van der Waals surface area contributed by atoms with Gasteiger partial charge in [-0.3, -0.25) is 4.90 Å². The Kier molecular flexibility index (Phi) is 5.20. The van der Waals surface area contributed by atoms with Crippen LogP contribution in [0.15, 0.2) is 18.2 Å². The number of rotatable bonds is 4. The molecule has 4 heteroatoms. The third-order valence-corrected chi connectivity index (χ3v) is 4.24. The number of halogens is 2. The SMILES string of the molecule is CCC(C)[C@H](c1ccc(Cl)cc1F)N1CCNCC1. The van der Waals surface area contributed by atoms with Crippen LogP contribution in [-0.2, 0) is 0 Å². The Morgan fingerprint density at radius 1 is 1.37 bits per heavy atom. The Labute approximate surface area is 119 Å². The van der Waals surface area contributed by atoms with Gasteiger partial charge in [0.1, 0.15) is 5.82 Å². The number of hydrogen-bond acceptors (Lipinski definition) is 2. The van der Waals surface area contributed by atoms with Crippen molar-refractivity contribution in [3.63, 3.8) is 0 Å². The van der Waals surface area contributed by atoms with Gasteiger partial charge in [-0.2, -0.15) is 0 Å². The highest BCUT2D eigenvalue weighted by Crippen LogP contribution is 2.33. The third-order valence-electron chi connectivity index (χ3n) is 4.01. The number of hydrogen-bond donors (Lipinski definition) is 1. The molecule has 1 saturated heterocycles. The maximum absolute atomic E-state index is 14.2. The zero-order valence-corrected chi connectivity index (χ0v) is 12.4. The largest absolute Gasteiger partial charge is 0.314 e. The molecule has 0 spiro atoms. The van der Waals surface area contributed by atoms with Crippen LogP contribution in [0.5, 0.6) is 0 Å². The van der Waals surface area contributed by atoms with Gasteiger partial charge in [0, 0.05) is 42.8 Å². The summed E-state index contributed by atoms with van der Waals surface area (Å²) < 4.78 is 14.2. The van der Waals surface area contributed by atoms with Crippen molar-refractivity contribution < 1.29 is 4.39 Å². The second-order valence-corrected chi connectivity index (χ2v) is 5.72. The maximum atomic E-state index is 14.2. The first-order chi connectivity index (χ1) is 9.13. The zero-order chi connectivity index (χ0) is 13.8. The number of nitrogens with one attached hydrogen (secondary N) is 1. The lowest BCUT2D eigenvalue weighted by Crippen LogP contribution is -2.46. The van der Waals surface area contributed by atoms with Crippen molar-refractivity contribution in [1.82, 2.24) is 10.2 Å². The van der Waals surface area contributed by atoms with Crippen molar-refractivity contribution in [2.24, 2.45) is 5.92 Å². The van der Waals surface area contributed by atoms with Crippen LogP contribution in [0.3, 0.4) is 0 Å². The van der Waals surface area contributed by atoms with Crippen LogP contribution < -0.4 is 5.32 Å². The van der Waals surface area contributed by atoms with Gasteiger partial charge in [-0.05, 0) is 18.1 Å². The molecule has 19 heavy (non-hydrogen) atoms. The average molecular weight is 285 g/mol. The first kappa shape index (κ1) is 14.8. The molecule has 1 aliphatic rings. The zero-order valence-electron chi connectivity index (χ0n) is 11.6. The molecular weight excluding hydrogens is 263 g/mol. The van der Waals surface area contributed by atoms with Gasteiger partial charge in [-0.25, -0.2) is 4.39 Å². The van der Waals surface area contributed by atoms with E-state index >= 15 is 0 Å². The van der Waals surface area contributed by atoms with Gasteiger partial charge in [0.25, 0.3) is 0 Å². The average Bonchev–Trinajstić information content (AvgIpc) is 2.42. The van der Waals surface area contributed by atoms with Crippen LogP contribution in [0, 0.1) is 11.7 Å². The number of piperazine rings is 1. The minimum absolute atomic E-state index is 0.143. The van der Waals surface area contributed by atoms with Gasteiger partial charge >= 0.3 is 0 Å². The molecule has 1 aromatic carbocycles. The van der Waals surface area contributed by atoms with Gasteiger partial charge in [0.15, 0.2) is 0 Å². The minimum atomic E-state index is -0.184. The lowest BCUT2D eigenvalue weighted by atomic mass is 9.90. The number of nitrogens with zero attached hydrogens (tertiary/aromatic N) is 1. The molecule has 1 unspecified atom stereocenters. The predicted molar refractivity (Wildman–Crippen MR) is 78.0 cm³/mol. The fourth-order valence-electron chi connectivity index (χ4n) is 2.79. The van der Waals surface area contributed by atoms with Gasteiger partial charge in [0.2, 0.25) is 0 Å². The van der Waals surface area contributed by atoms with Crippen LogP contribution in [0.1, 0.15) is 31.9 Å². The summed E-state index contributed by atoms with van der Waals surface area (Å²) in [5.41, 5.74) is 0.778. The van der Waals surface area contributed by atoms with E-state index in [-0.39, 0.29) is 11.9 Å². The van der Waals surface area contributed by atoms with E-state index in [2.05, 4.69) is 24.1 Å². The Hall–Kier alpha value is -0.640. The Morgan fingerprint density at radius 2 is 2.05 bits per heavy atom. The van der Waals surface area contributed by atoms with Gasteiger partial charge in [-0.15, -0.1) is 0 Å². The second kappa shape index (κ2) is 6.69. The minimum Gasteiger partial charge on any atom is -0.314 e. The normalized spacial score (nSPS) is 20.2. The summed E-state index contributed by atoms with van der Waals surface area (Å²) in [4.78, 5) is 2.39. The summed E-state index contributed by atoms with van der Waals surface area (Å²) in [6.45, 7) is 8.24. The van der Waals surface area contributed by atoms with Gasteiger partial charge in [-0.1, -0.05) is 37.9 Å². The molecular formula is C15H22ClFN2. The topological polar surface area (TPSA) is 15.3 Å². The first-order valence-corrected chi connectivity index (χ1v) is 7.41. The van der Waals surface area contributed by atoms with Crippen molar-refractivity contribution in [3.05, 3.63) is 34.6 Å². The molecule has 1 N–H and O–H groups in total. The number of benzene rings is 1. The van der Waals surface area contributed by atoms with Crippen LogP contribution in [0.2, 0.25) is 5.02 Å². The highest BCUT2D eigenvalue weighted by molar-refractivity contribution is 6.30. The van der Waals surface area contributed by atoms with Crippen molar-refractivity contribution in [2.75, 3.05) is 26.2 Å². The molecule has 1 aromatic rings. The summed E-state index contributed by atoms with van der Waals surface area (Å²) in [6.07, 6.45) is 1.04. The second-order valence-electron chi connectivity index (χ2n) is 5.28. The fraction of sp³-hybridized carbons (Fsp3) is 0.600. The molecule has 1 aliphatic heterocycles. The van der Waals surface area contributed by atoms with E-state index in [1.54, 1.807) is 6.07 Å². The van der Waals surface area contributed by atoms with E-state index in [1.807, 2.05) is 6.07 Å². The lowest BCUT2D eigenvalue weighted by molar-refractivity contribution is 0.125. The lowest BCUT2D eigenvalue weighted by Gasteiger charge is -2.38. The Balaban J connectivity index is 2.30. The van der Waals surface area contributed by atoms with Gasteiger partial charge < -0.3 is 5.32 Å². The van der Waals surface area contributed by atoms with E-state index in [1.165, 1.54) is 6.07 Å². The Morgan fingerprint density at radius 3 is 2.63 bits per heavy atom. The highest BCUT2D eigenvalue weighted by Gasteiger charge is 2.28. The van der Waals surface area contributed by atoms with Crippen LogP contribution in [0.4, 0.5) is 4.39 Å². The van der Waals surface area contributed by atoms with E-state index in [4.69, 9.17) is 11.6 Å². The highest BCUT2D eigenvalue weighted by atomic mass is 35.5. The van der Waals surface area contributed by atoms with E-state index < -0.39 is 0 Å². The fourth-order valence-corrected chi connectivity index (χ4v) is 2.95. The molecule has 0 saturated carbocycles. The summed E-state index contributed by atoms with van der Waals surface area (Å²) in [5.74, 6) is 0.241. The molecule has 106 valence electrons. The molecule has 1 fully saturated rings. The van der Waals surface area contributed by atoms with Crippen molar-refractivity contribution in [1.29, 1.82) is 0 Å². The summed E-state index contributed by atoms with van der Waals surface area (Å²) in [6, 6.07) is 5.20. The first-order valence-electron chi connectivity index (χ1n) is 7.03. The van der Waals surface area contributed by atoms with Gasteiger partial charge in [0.05, 0.1) is 0 Å². The van der Waals surface area contributed by atoms with E-state index in [0.717, 1.165) is 38.2 Å². The van der Waals surface area contributed by atoms with E-state index in [9.17, 15) is 4.39 Å². The molecule has 0 amide bonds. The molecule has 2 atom stereocenters. The molecule has 1 heterocycles. The Bertz CT molecular complexity index is 419. The van der Waals surface area contributed by atoms with Crippen LogP contribution >= 0.6 is 11.6 Å². The molecule has 0 aromatic heterocycles. The monoisotopic (exact) mass is 284 g/mol. The maximum Gasteiger partial charge on any atom is 0.129 e. The summed E-state index contributed by atoms with van der Waals surface area (Å²) in [7, 11) is 0. The third kappa shape index (κ3) is 3.47. The summed E-state index contributed by atoms with van der Waals surface area (Å²) >= 11 is 5.86. The molecule has 2 rings (SSSR count). The molecule has 0 radical (unpaired) electrons. The predicted octanol–water partition coefficient (Wildman–Crippen LogP) is 3.47. The standard InChI is InChI=1S/C15H22ClFN2/c1-3-11(2)15(19-8-6-18-7-9-19)13-5-4-12(16)10-14(13)17/h4-5,10-11,15,18H,3,6-9H2,1-2H3/t11?,15-/m1/s1. The molecule has 0 aliphatic carbocycles. The molecule has 0 bridgehead atoms. The summed E-state index contributed by atoms with van der Waals surface area (Å²) in [5, 5.41) is 3.81. The smallest absolute Gasteiger partial charge is 0.129 e. The molecule has 2 nitrogen and oxygen atoms in total. The van der Waals surface area contributed by atoms with E-state index in [0.29, 0.717) is 10.9 Å². The van der Waals surface area contributed by atoms with Crippen molar-refractivity contribution in [2.45, 2.75) is 26.3 Å².